The van der Waals surface area contributed by atoms with Gasteiger partial charge in [0.05, 0.1) is 10.6 Å². The van der Waals surface area contributed by atoms with E-state index in [9.17, 15) is 16.8 Å². The summed E-state index contributed by atoms with van der Waals surface area (Å²) in [5.41, 5.74) is 0. The first-order valence-corrected chi connectivity index (χ1v) is 10.9. The van der Waals surface area contributed by atoms with E-state index in [0.29, 0.717) is 17.4 Å². The molecule has 0 aliphatic rings. The second kappa shape index (κ2) is 8.57. The van der Waals surface area contributed by atoms with Crippen LogP contribution in [0.5, 0.6) is 0 Å². The molecule has 0 aliphatic heterocycles. The van der Waals surface area contributed by atoms with E-state index in [2.05, 4.69) is 4.72 Å². The maximum absolute atomic E-state index is 12.0. The van der Waals surface area contributed by atoms with Crippen molar-refractivity contribution >= 4 is 43.0 Å². The van der Waals surface area contributed by atoms with Gasteiger partial charge in [-0.15, -0.1) is 11.3 Å². The molecule has 1 rings (SSSR count). The Labute approximate surface area is 140 Å². The highest BCUT2D eigenvalue weighted by atomic mass is 35.5. The van der Waals surface area contributed by atoms with Gasteiger partial charge >= 0.3 is 0 Å². The molecule has 1 N–H and O–H groups in total. The van der Waals surface area contributed by atoms with E-state index in [0.717, 1.165) is 17.6 Å². The van der Waals surface area contributed by atoms with Crippen LogP contribution in [0.4, 0.5) is 0 Å². The molecule has 0 amide bonds. The number of hydrogen-bond acceptors (Lipinski definition) is 6. The summed E-state index contributed by atoms with van der Waals surface area (Å²) in [6, 6.07) is 2.90. The summed E-state index contributed by atoms with van der Waals surface area (Å²) in [6.45, 7) is 0.753. The zero-order valence-electron chi connectivity index (χ0n) is 12.3. The maximum Gasteiger partial charge on any atom is 0.250 e. The molecule has 0 atom stereocenters. The molecule has 0 aliphatic carbocycles. The fourth-order valence-corrected chi connectivity index (χ4v) is 5.08. The Hall–Kier alpha value is -0.230. The number of thiophene rings is 1. The predicted octanol–water partition coefficient (Wildman–Crippen LogP) is 0.978. The van der Waals surface area contributed by atoms with Gasteiger partial charge in [-0.1, -0.05) is 11.6 Å². The normalized spacial score (nSPS) is 12.9. The summed E-state index contributed by atoms with van der Waals surface area (Å²) in [6.07, 6.45) is 1.63. The largest absolute Gasteiger partial charge is 0.385 e. The Morgan fingerprint density at radius 1 is 1.27 bits per heavy atom. The molecule has 1 heterocycles. The minimum absolute atomic E-state index is 0.0160. The van der Waals surface area contributed by atoms with E-state index in [-0.39, 0.29) is 23.8 Å². The lowest BCUT2D eigenvalue weighted by Crippen LogP contribution is -2.38. The molecular weight excluding hydrogens is 372 g/mol. The number of sulfonamides is 2. The molecule has 0 radical (unpaired) electrons. The van der Waals surface area contributed by atoms with Crippen molar-refractivity contribution in [2.24, 2.45) is 0 Å². The topological polar surface area (TPSA) is 92.8 Å². The Balaban J connectivity index is 2.58. The zero-order chi connectivity index (χ0) is 16.8. The van der Waals surface area contributed by atoms with Crippen molar-refractivity contribution in [3.8, 4) is 0 Å². The predicted molar refractivity (Wildman–Crippen MR) is 87.4 cm³/mol. The molecule has 1 aromatic heterocycles. The SMILES string of the molecule is COCCCN(CCNS(=O)(=O)c1ccc(Cl)s1)S(C)(=O)=O. The van der Waals surface area contributed by atoms with Crippen LogP contribution in [0, 0.1) is 0 Å². The van der Waals surface area contributed by atoms with Crippen LogP contribution < -0.4 is 4.72 Å². The van der Waals surface area contributed by atoms with Crippen LogP contribution in [-0.4, -0.2) is 60.7 Å². The van der Waals surface area contributed by atoms with Crippen LogP contribution in [0.1, 0.15) is 6.42 Å². The van der Waals surface area contributed by atoms with Crippen LogP contribution >= 0.6 is 22.9 Å². The zero-order valence-corrected chi connectivity index (χ0v) is 15.5. The highest BCUT2D eigenvalue weighted by Gasteiger charge is 2.19. The van der Waals surface area contributed by atoms with Crippen molar-refractivity contribution in [1.82, 2.24) is 9.03 Å². The molecule has 128 valence electrons. The van der Waals surface area contributed by atoms with Gasteiger partial charge in [0.2, 0.25) is 20.0 Å². The van der Waals surface area contributed by atoms with Crippen LogP contribution in [0.15, 0.2) is 16.3 Å². The summed E-state index contributed by atoms with van der Waals surface area (Å²) < 4.78 is 56.2. The number of methoxy groups -OCH3 is 1. The van der Waals surface area contributed by atoms with Crippen LogP contribution in [-0.2, 0) is 24.8 Å². The highest BCUT2D eigenvalue weighted by Crippen LogP contribution is 2.25. The summed E-state index contributed by atoms with van der Waals surface area (Å²) in [5.74, 6) is 0. The van der Waals surface area contributed by atoms with Gasteiger partial charge in [-0.25, -0.2) is 25.9 Å². The second-order valence-corrected chi connectivity index (χ2v) is 10.2. The molecule has 22 heavy (non-hydrogen) atoms. The molecule has 0 bridgehead atoms. The van der Waals surface area contributed by atoms with Gasteiger partial charge in [-0.05, 0) is 18.6 Å². The number of halogens is 1. The lowest BCUT2D eigenvalue weighted by molar-refractivity contribution is 0.187. The first-order valence-electron chi connectivity index (χ1n) is 6.36. The number of nitrogens with zero attached hydrogens (tertiary/aromatic N) is 1. The van der Waals surface area contributed by atoms with Gasteiger partial charge in [0, 0.05) is 33.4 Å². The highest BCUT2D eigenvalue weighted by molar-refractivity contribution is 7.91. The van der Waals surface area contributed by atoms with Gasteiger partial charge in [-0.3, -0.25) is 0 Å². The minimum Gasteiger partial charge on any atom is -0.385 e. The van der Waals surface area contributed by atoms with E-state index < -0.39 is 20.0 Å². The standard InChI is InChI=1S/C11H19ClN2O5S3/c1-19-9-3-7-14(21(2,15)16)8-6-13-22(17,18)11-5-4-10(12)20-11/h4-5,13H,3,6-9H2,1-2H3. The van der Waals surface area contributed by atoms with Gasteiger partial charge in [0.25, 0.3) is 0 Å². The van der Waals surface area contributed by atoms with Gasteiger partial charge < -0.3 is 4.74 Å². The van der Waals surface area contributed by atoms with Crippen molar-refractivity contribution in [3.05, 3.63) is 16.5 Å². The first kappa shape index (κ1) is 19.8. The minimum atomic E-state index is -3.67. The van der Waals surface area contributed by atoms with E-state index in [1.807, 2.05) is 0 Å². The Morgan fingerprint density at radius 2 is 1.95 bits per heavy atom. The van der Waals surface area contributed by atoms with Crippen molar-refractivity contribution in [1.29, 1.82) is 0 Å². The van der Waals surface area contributed by atoms with Crippen LogP contribution in [0.2, 0.25) is 4.34 Å². The third-order valence-electron chi connectivity index (χ3n) is 2.69. The monoisotopic (exact) mass is 390 g/mol. The number of ether oxygens (including phenoxy) is 1. The molecule has 0 saturated heterocycles. The quantitative estimate of drug-likeness (QED) is 0.601. The lowest BCUT2D eigenvalue weighted by Gasteiger charge is -2.19. The molecule has 0 fully saturated rings. The smallest absolute Gasteiger partial charge is 0.250 e. The third-order valence-corrected chi connectivity index (χ3v) is 7.18. The molecule has 7 nitrogen and oxygen atoms in total. The molecule has 0 aromatic carbocycles. The fraction of sp³-hybridized carbons (Fsp3) is 0.636. The van der Waals surface area contributed by atoms with Crippen LogP contribution in [0.3, 0.4) is 0 Å². The molecule has 1 aromatic rings. The second-order valence-electron chi connectivity index (χ2n) is 4.46. The average molecular weight is 391 g/mol. The van der Waals surface area contributed by atoms with Crippen molar-refractivity contribution < 1.29 is 21.6 Å². The van der Waals surface area contributed by atoms with E-state index >= 15 is 0 Å². The van der Waals surface area contributed by atoms with Crippen molar-refractivity contribution in [3.63, 3.8) is 0 Å². The van der Waals surface area contributed by atoms with Crippen molar-refractivity contribution in [2.45, 2.75) is 10.6 Å². The number of hydrogen-bond donors (Lipinski definition) is 1. The van der Waals surface area contributed by atoms with Gasteiger partial charge in [0.1, 0.15) is 4.21 Å². The van der Waals surface area contributed by atoms with Gasteiger partial charge in [0.15, 0.2) is 0 Å². The first-order chi connectivity index (χ1) is 10.2. The summed E-state index contributed by atoms with van der Waals surface area (Å²) in [7, 11) is -5.53. The third kappa shape index (κ3) is 6.49. The Kier molecular flexibility index (Phi) is 7.72. The Morgan fingerprint density at radius 3 is 2.45 bits per heavy atom. The molecule has 0 saturated carbocycles. The van der Waals surface area contributed by atoms with Crippen molar-refractivity contribution in [2.75, 3.05) is 39.6 Å². The number of nitrogens with one attached hydrogen (secondary N) is 1. The average Bonchev–Trinajstić information content (AvgIpc) is 2.83. The molecular formula is C11H19ClN2O5S3. The van der Waals surface area contributed by atoms with Gasteiger partial charge in [-0.2, -0.15) is 0 Å². The summed E-state index contributed by atoms with van der Waals surface area (Å²) in [5, 5.41) is 0. The molecule has 0 spiro atoms. The number of rotatable bonds is 10. The Bertz CT molecular complexity index is 672. The van der Waals surface area contributed by atoms with Crippen LogP contribution in [0.25, 0.3) is 0 Å². The van der Waals surface area contributed by atoms with E-state index in [1.54, 1.807) is 0 Å². The van der Waals surface area contributed by atoms with E-state index in [4.69, 9.17) is 16.3 Å². The maximum atomic E-state index is 12.0. The lowest BCUT2D eigenvalue weighted by atomic mass is 10.4. The fourth-order valence-electron chi connectivity index (χ4n) is 1.65. The van der Waals surface area contributed by atoms with E-state index in [1.165, 1.54) is 23.5 Å². The molecule has 0 unspecified atom stereocenters. The summed E-state index contributed by atoms with van der Waals surface area (Å²) >= 11 is 6.65. The molecule has 11 heteroatoms. The summed E-state index contributed by atoms with van der Waals surface area (Å²) in [4.78, 5) is 0.